The van der Waals surface area contributed by atoms with Gasteiger partial charge in [0.2, 0.25) is 5.91 Å². The number of aliphatic hydroxyl groups is 3. The summed E-state index contributed by atoms with van der Waals surface area (Å²) in [4.78, 5) is 22.8. The fourth-order valence-electron chi connectivity index (χ4n) is 5.53. The SMILES string of the molecule is CSC1OC([C@H](NC(=O)C2NC[C@@H]3CC=CCOC23)[C@H](C)Sc2ccc(-c3cncnc3)cc2)C(O)C(O)C1O. The van der Waals surface area contributed by atoms with Crippen LogP contribution in [0.25, 0.3) is 11.1 Å². The van der Waals surface area contributed by atoms with Crippen LogP contribution in [-0.2, 0) is 14.3 Å². The number of fused-ring (bicyclic) bond motifs is 1. The minimum atomic E-state index is -1.41. The van der Waals surface area contributed by atoms with Crippen molar-refractivity contribution >= 4 is 29.4 Å². The number of aliphatic hydroxyl groups excluding tert-OH is 3. The molecule has 40 heavy (non-hydrogen) atoms. The molecule has 7 unspecified atom stereocenters. The molecule has 2 aromatic rings. The highest BCUT2D eigenvalue weighted by atomic mass is 32.2. The highest BCUT2D eigenvalue weighted by Gasteiger charge is 2.49. The maximum absolute atomic E-state index is 13.7. The summed E-state index contributed by atoms with van der Waals surface area (Å²) >= 11 is 2.77. The molecule has 0 bridgehead atoms. The van der Waals surface area contributed by atoms with Gasteiger partial charge < -0.3 is 35.4 Å². The average Bonchev–Trinajstić information content (AvgIpc) is 3.24. The van der Waals surface area contributed by atoms with Gasteiger partial charge in [-0.2, -0.15) is 0 Å². The predicted octanol–water partition coefficient (Wildman–Crippen LogP) is 1.21. The molecule has 2 saturated heterocycles. The minimum absolute atomic E-state index is 0.197. The Bertz CT molecular complexity index is 1160. The number of carbonyl (C=O) groups is 1. The van der Waals surface area contributed by atoms with Gasteiger partial charge in [0.15, 0.2) is 0 Å². The number of aromatic nitrogens is 2. The zero-order chi connectivity index (χ0) is 28.2. The summed E-state index contributed by atoms with van der Waals surface area (Å²) in [6.07, 6.45) is 6.40. The molecule has 5 rings (SSSR count). The van der Waals surface area contributed by atoms with E-state index in [9.17, 15) is 20.1 Å². The molecule has 1 amide bonds. The van der Waals surface area contributed by atoms with Crippen molar-refractivity contribution in [1.29, 1.82) is 0 Å². The summed E-state index contributed by atoms with van der Waals surface area (Å²) in [5.41, 5.74) is 1.13. The van der Waals surface area contributed by atoms with Crippen LogP contribution in [-0.4, -0.2) is 104 Å². The summed E-state index contributed by atoms with van der Waals surface area (Å²) in [7, 11) is 0. The van der Waals surface area contributed by atoms with Crippen molar-refractivity contribution in [2.24, 2.45) is 5.92 Å². The van der Waals surface area contributed by atoms with Crippen LogP contribution < -0.4 is 10.6 Å². The van der Waals surface area contributed by atoms with E-state index in [1.165, 1.54) is 29.9 Å². The number of thioether (sulfide) groups is 2. The second-order valence-electron chi connectivity index (χ2n) is 10.3. The van der Waals surface area contributed by atoms with Gasteiger partial charge in [0.1, 0.15) is 42.2 Å². The van der Waals surface area contributed by atoms with Gasteiger partial charge >= 0.3 is 0 Å². The second kappa shape index (κ2) is 13.3. The molecule has 3 aliphatic rings. The van der Waals surface area contributed by atoms with E-state index in [4.69, 9.17) is 9.47 Å². The molecule has 4 heterocycles. The third-order valence-corrected chi connectivity index (χ3v) is 9.81. The van der Waals surface area contributed by atoms with E-state index in [0.717, 1.165) is 22.4 Å². The lowest BCUT2D eigenvalue weighted by atomic mass is 9.92. The van der Waals surface area contributed by atoms with Crippen molar-refractivity contribution in [3.8, 4) is 11.1 Å². The normalized spacial score (nSPS) is 33.5. The summed E-state index contributed by atoms with van der Waals surface area (Å²) in [5, 5.41) is 38.2. The van der Waals surface area contributed by atoms with Gasteiger partial charge in [-0.05, 0) is 30.4 Å². The van der Waals surface area contributed by atoms with Crippen molar-refractivity contribution in [2.45, 2.75) is 71.5 Å². The van der Waals surface area contributed by atoms with Gasteiger partial charge in [-0.3, -0.25) is 4.79 Å². The van der Waals surface area contributed by atoms with Crippen LogP contribution >= 0.6 is 23.5 Å². The Balaban J connectivity index is 1.36. The molecule has 3 aliphatic heterocycles. The molecular formula is C28H36N4O6S2. The molecule has 0 aliphatic carbocycles. The van der Waals surface area contributed by atoms with E-state index < -0.39 is 41.9 Å². The van der Waals surface area contributed by atoms with Crippen LogP contribution in [0.15, 0.2) is 60.0 Å². The first-order valence-electron chi connectivity index (χ1n) is 13.4. The van der Waals surface area contributed by atoms with Crippen LogP contribution in [0.4, 0.5) is 0 Å². The molecular weight excluding hydrogens is 552 g/mol. The van der Waals surface area contributed by atoms with Crippen LogP contribution in [0.3, 0.4) is 0 Å². The molecule has 216 valence electrons. The van der Waals surface area contributed by atoms with Gasteiger partial charge in [0, 0.05) is 40.6 Å². The van der Waals surface area contributed by atoms with Gasteiger partial charge in [-0.25, -0.2) is 9.97 Å². The first-order chi connectivity index (χ1) is 19.4. The molecule has 0 radical (unpaired) electrons. The zero-order valence-electron chi connectivity index (χ0n) is 22.4. The molecule has 0 saturated carbocycles. The third-order valence-electron chi connectivity index (χ3n) is 7.74. The molecule has 1 aromatic carbocycles. The highest BCUT2D eigenvalue weighted by molar-refractivity contribution is 8.00. The van der Waals surface area contributed by atoms with E-state index >= 15 is 0 Å². The van der Waals surface area contributed by atoms with Crippen LogP contribution in [0.1, 0.15) is 13.3 Å². The van der Waals surface area contributed by atoms with Crippen molar-refractivity contribution in [3.05, 3.63) is 55.1 Å². The number of hydrogen-bond acceptors (Lipinski definition) is 11. The number of allylic oxidation sites excluding steroid dienone is 1. The van der Waals surface area contributed by atoms with Gasteiger partial charge in [-0.1, -0.05) is 31.2 Å². The van der Waals surface area contributed by atoms with Crippen LogP contribution in [0.5, 0.6) is 0 Å². The number of ether oxygens (including phenoxy) is 2. The molecule has 10 nitrogen and oxygen atoms in total. The number of hydrogen-bond donors (Lipinski definition) is 5. The quantitative estimate of drug-likeness (QED) is 0.224. The van der Waals surface area contributed by atoms with E-state index in [1.54, 1.807) is 18.6 Å². The molecule has 1 aromatic heterocycles. The first-order valence-corrected chi connectivity index (χ1v) is 15.6. The van der Waals surface area contributed by atoms with E-state index in [1.807, 2.05) is 37.3 Å². The maximum Gasteiger partial charge on any atom is 0.240 e. The molecule has 2 fully saturated rings. The van der Waals surface area contributed by atoms with Crippen molar-refractivity contribution in [3.63, 3.8) is 0 Å². The van der Waals surface area contributed by atoms with Gasteiger partial charge in [0.05, 0.1) is 18.8 Å². The standard InChI is InChI=1S/C28H36N4O6S2/c1-15(40-19-8-6-16(7-9-19)18-11-29-14-30-12-18)20(26-23(34)22(33)24(35)28(38-26)39-2)32-27(36)21-25-17(13-31-21)5-3-4-10-37-25/h3-4,6-9,11-12,14-15,17,20-26,28,31,33-35H,5,10,13H2,1-2H3,(H,32,36)/t15-,17-,20+,21?,22?,23?,24?,25?,26?,28?/m0/s1. The lowest BCUT2D eigenvalue weighted by Gasteiger charge is -2.44. The minimum Gasteiger partial charge on any atom is -0.388 e. The van der Waals surface area contributed by atoms with Gasteiger partial charge in [0.25, 0.3) is 0 Å². The number of nitrogens with zero attached hydrogens (tertiary/aromatic N) is 2. The van der Waals surface area contributed by atoms with E-state index in [0.29, 0.717) is 13.2 Å². The number of rotatable bonds is 8. The second-order valence-corrected chi connectivity index (χ2v) is 12.7. The Morgan fingerprint density at radius 2 is 1.82 bits per heavy atom. The largest absolute Gasteiger partial charge is 0.388 e. The first kappa shape index (κ1) is 29.5. The molecule has 10 atom stereocenters. The lowest BCUT2D eigenvalue weighted by molar-refractivity contribution is -0.205. The van der Waals surface area contributed by atoms with Crippen molar-refractivity contribution < 1.29 is 29.6 Å². The summed E-state index contributed by atoms with van der Waals surface area (Å²) in [6.45, 7) is 3.08. The fourth-order valence-corrected chi connectivity index (χ4v) is 7.30. The Kier molecular flexibility index (Phi) is 9.80. The van der Waals surface area contributed by atoms with Gasteiger partial charge in [-0.15, -0.1) is 23.5 Å². The average molecular weight is 589 g/mol. The maximum atomic E-state index is 13.7. The molecule has 5 N–H and O–H groups in total. The Morgan fingerprint density at radius 3 is 2.55 bits per heavy atom. The molecule has 0 spiro atoms. The third kappa shape index (κ3) is 6.39. The summed E-state index contributed by atoms with van der Waals surface area (Å²) in [6, 6.07) is 6.70. The number of carbonyl (C=O) groups excluding carboxylic acids is 1. The van der Waals surface area contributed by atoms with Crippen LogP contribution in [0.2, 0.25) is 0 Å². The van der Waals surface area contributed by atoms with Crippen molar-refractivity contribution in [2.75, 3.05) is 19.4 Å². The monoisotopic (exact) mass is 588 g/mol. The summed E-state index contributed by atoms with van der Waals surface area (Å²) < 4.78 is 12.1. The van der Waals surface area contributed by atoms with E-state index in [-0.39, 0.29) is 23.2 Å². The topological polar surface area (TPSA) is 146 Å². The highest BCUT2D eigenvalue weighted by Crippen LogP contribution is 2.35. The summed E-state index contributed by atoms with van der Waals surface area (Å²) in [5.74, 6) is -0.0500. The Labute approximate surface area is 242 Å². The number of benzene rings is 1. The smallest absolute Gasteiger partial charge is 0.240 e. The zero-order valence-corrected chi connectivity index (χ0v) is 24.0. The number of amides is 1. The molecule has 12 heteroatoms. The Hall–Kier alpha value is -2.03. The van der Waals surface area contributed by atoms with Crippen molar-refractivity contribution in [1.82, 2.24) is 20.6 Å². The Morgan fingerprint density at radius 1 is 1.07 bits per heavy atom. The lowest BCUT2D eigenvalue weighted by Crippen LogP contribution is -2.65. The van der Waals surface area contributed by atoms with Crippen LogP contribution in [0, 0.1) is 5.92 Å². The number of nitrogens with one attached hydrogen (secondary N) is 2. The predicted molar refractivity (Wildman–Crippen MR) is 154 cm³/mol. The fraction of sp³-hybridized carbons (Fsp3) is 0.536. The van der Waals surface area contributed by atoms with E-state index in [2.05, 4.69) is 26.7 Å².